The van der Waals surface area contributed by atoms with E-state index in [1.54, 1.807) is 35.3 Å². The topological polar surface area (TPSA) is 104 Å². The molecule has 57 heavy (non-hydrogen) atoms. The molecule has 0 radical (unpaired) electrons. The number of ketones is 1. The normalized spacial score (nSPS) is 26.6. The standard InChI is InChI=1S/C46H55FN4O5S/c1-4-55-44(54)46-25-33(46)16-9-7-5-6-8-15-32(23-30-19-21-34(47)22-20-30)43(53)50-27-35(24-39(50)40(52)26-46)56-45-49-41-36(17-12-18-38(41)51(45)29(2)3)42-48-37(28-57-42)31-13-10-11-14-31/h9,12,16-22,28-29,31-33,35,39H,4-8,10-11,13-15,23-27H2,1-3H3/b16-9-/t32-,33-,35-,39+,46-/m1/s1. The maximum atomic E-state index is 14.8. The molecule has 2 saturated carbocycles. The van der Waals surface area contributed by atoms with Crippen molar-refractivity contribution < 1.29 is 28.2 Å². The Kier molecular flexibility index (Phi) is 11.7. The molecule has 1 amide bonds. The van der Waals surface area contributed by atoms with Crippen LogP contribution in [-0.2, 0) is 25.5 Å². The number of carbonyl (C=O) groups is 3. The second kappa shape index (κ2) is 16.8. The first-order chi connectivity index (χ1) is 27.6. The summed E-state index contributed by atoms with van der Waals surface area (Å²) in [6, 6.07) is 12.2. The van der Waals surface area contributed by atoms with Crippen molar-refractivity contribution in [1.82, 2.24) is 19.4 Å². The van der Waals surface area contributed by atoms with E-state index >= 15 is 0 Å². The summed E-state index contributed by atoms with van der Waals surface area (Å²) in [5.74, 6) is -0.848. The fourth-order valence-corrected chi connectivity index (χ4v) is 10.5. The van der Waals surface area contributed by atoms with Crippen molar-refractivity contribution in [2.24, 2.45) is 17.3 Å². The van der Waals surface area contributed by atoms with Gasteiger partial charge >= 0.3 is 5.97 Å². The number of allylic oxidation sites excluding steroid dienone is 2. The number of para-hydroxylation sites is 1. The summed E-state index contributed by atoms with van der Waals surface area (Å²) in [4.78, 5) is 54.8. The second-order valence-corrected chi connectivity index (χ2v) is 17.9. The molecule has 0 spiro atoms. The van der Waals surface area contributed by atoms with E-state index in [4.69, 9.17) is 19.4 Å². The van der Waals surface area contributed by atoms with Gasteiger partial charge in [-0.3, -0.25) is 19.0 Å². The number of benzene rings is 2. The predicted octanol–water partition coefficient (Wildman–Crippen LogP) is 9.79. The Morgan fingerprint density at radius 3 is 2.58 bits per heavy atom. The Morgan fingerprint density at radius 2 is 1.81 bits per heavy atom. The Morgan fingerprint density at radius 1 is 1.02 bits per heavy atom. The summed E-state index contributed by atoms with van der Waals surface area (Å²) in [6.07, 6.45) is 14.2. The predicted molar refractivity (Wildman–Crippen MR) is 220 cm³/mol. The first-order valence-electron chi connectivity index (χ1n) is 21.2. The minimum absolute atomic E-state index is 0.00909. The third-order valence-corrected chi connectivity index (χ3v) is 13.7. The van der Waals surface area contributed by atoms with Gasteiger partial charge in [-0.2, -0.15) is 4.98 Å². The van der Waals surface area contributed by atoms with Crippen LogP contribution in [-0.4, -0.2) is 62.4 Å². The molecular weight excluding hydrogens is 740 g/mol. The maximum Gasteiger partial charge on any atom is 0.313 e. The number of rotatable bonds is 9. The molecule has 2 aromatic carbocycles. The Balaban J connectivity index is 1.12. The van der Waals surface area contributed by atoms with Gasteiger partial charge in [-0.05, 0) is 101 Å². The van der Waals surface area contributed by atoms with Gasteiger partial charge in [0.05, 0.1) is 35.8 Å². The maximum absolute atomic E-state index is 14.8. The van der Waals surface area contributed by atoms with E-state index in [2.05, 4.69) is 48.1 Å². The van der Waals surface area contributed by atoms with E-state index in [9.17, 15) is 18.8 Å². The highest BCUT2D eigenvalue weighted by molar-refractivity contribution is 7.13. The van der Waals surface area contributed by atoms with E-state index in [1.165, 1.54) is 43.5 Å². The van der Waals surface area contributed by atoms with Gasteiger partial charge in [0.2, 0.25) is 5.91 Å². The van der Waals surface area contributed by atoms with Gasteiger partial charge in [0.1, 0.15) is 22.4 Å². The number of nitrogens with zero attached hydrogens (tertiary/aromatic N) is 4. The molecule has 8 rings (SSSR count). The zero-order chi connectivity index (χ0) is 39.7. The van der Waals surface area contributed by atoms with Gasteiger partial charge in [-0.25, -0.2) is 9.37 Å². The molecule has 4 aromatic rings. The van der Waals surface area contributed by atoms with Crippen LogP contribution in [0.2, 0.25) is 0 Å². The number of Topliss-reactive ketones (excluding diaryl/α,β-unsaturated/α-hetero) is 1. The lowest BCUT2D eigenvalue weighted by atomic mass is 9.90. The minimum Gasteiger partial charge on any atom is -0.466 e. The van der Waals surface area contributed by atoms with Gasteiger partial charge in [0, 0.05) is 41.7 Å². The minimum atomic E-state index is -0.916. The molecule has 11 heteroatoms. The fourth-order valence-electron chi connectivity index (χ4n) is 9.59. The number of ether oxygens (including phenoxy) is 2. The number of fused-ring (bicyclic) bond motifs is 3. The van der Waals surface area contributed by atoms with E-state index in [1.807, 2.05) is 6.07 Å². The zero-order valence-corrected chi connectivity index (χ0v) is 34.3. The smallest absolute Gasteiger partial charge is 0.313 e. The molecule has 4 aliphatic rings. The summed E-state index contributed by atoms with van der Waals surface area (Å²) in [6.45, 7) is 6.45. The molecule has 4 heterocycles. The van der Waals surface area contributed by atoms with Crippen molar-refractivity contribution in [2.45, 2.75) is 128 Å². The molecule has 3 fully saturated rings. The van der Waals surface area contributed by atoms with Gasteiger partial charge in [-0.15, -0.1) is 11.3 Å². The average molecular weight is 795 g/mol. The number of hydrogen-bond acceptors (Lipinski definition) is 8. The van der Waals surface area contributed by atoms with Crippen molar-refractivity contribution in [3.63, 3.8) is 0 Å². The molecule has 302 valence electrons. The average Bonchev–Trinajstić information content (AvgIpc) is 3.80. The number of aromatic nitrogens is 3. The third-order valence-electron chi connectivity index (χ3n) is 12.8. The number of thiazole rings is 1. The van der Waals surface area contributed by atoms with Crippen LogP contribution in [0.5, 0.6) is 6.01 Å². The van der Waals surface area contributed by atoms with Crippen LogP contribution in [0.1, 0.15) is 121 Å². The van der Waals surface area contributed by atoms with Crippen LogP contribution in [0, 0.1) is 23.1 Å². The Labute approximate surface area is 339 Å². The molecule has 5 atom stereocenters. The van der Waals surface area contributed by atoms with E-state index in [0.29, 0.717) is 37.6 Å². The monoisotopic (exact) mass is 794 g/mol. The Bertz CT molecular complexity index is 2120. The van der Waals surface area contributed by atoms with Crippen LogP contribution in [0.4, 0.5) is 4.39 Å². The van der Waals surface area contributed by atoms with Crippen molar-refractivity contribution in [2.75, 3.05) is 13.2 Å². The van der Waals surface area contributed by atoms with Gasteiger partial charge in [0.15, 0.2) is 5.78 Å². The number of halogens is 1. The van der Waals surface area contributed by atoms with E-state index < -0.39 is 23.5 Å². The van der Waals surface area contributed by atoms with Gasteiger partial charge in [0.25, 0.3) is 6.01 Å². The van der Waals surface area contributed by atoms with Crippen molar-refractivity contribution in [3.05, 3.63) is 77.1 Å². The molecule has 9 nitrogen and oxygen atoms in total. The molecule has 2 aromatic heterocycles. The van der Waals surface area contributed by atoms with Crippen LogP contribution in [0.3, 0.4) is 0 Å². The highest BCUT2D eigenvalue weighted by Gasteiger charge is 2.61. The molecule has 0 bridgehead atoms. The molecule has 0 unspecified atom stereocenters. The zero-order valence-electron chi connectivity index (χ0n) is 33.5. The largest absolute Gasteiger partial charge is 0.466 e. The van der Waals surface area contributed by atoms with Gasteiger partial charge in [-0.1, -0.05) is 56.0 Å². The van der Waals surface area contributed by atoms with Crippen molar-refractivity contribution in [3.8, 4) is 16.6 Å². The SMILES string of the molecule is CCOC(=O)[C@]12CC(=O)[C@@H]3C[C@@H](Oc4nc5c(-c6nc(C7CCCC7)cs6)cccc5n4C(C)C)CN3C(=O)[C@@H](Cc3ccc(F)cc3)CCCCC/C=C\[C@@H]1C2. The quantitative estimate of drug-likeness (QED) is 0.123. The fraction of sp³-hybridized carbons (Fsp3) is 0.543. The number of esters is 1. The summed E-state index contributed by atoms with van der Waals surface area (Å²) in [7, 11) is 0. The van der Waals surface area contributed by atoms with Crippen LogP contribution >= 0.6 is 11.3 Å². The van der Waals surface area contributed by atoms with Crippen LogP contribution < -0.4 is 4.74 Å². The van der Waals surface area contributed by atoms with Crippen LogP contribution in [0.25, 0.3) is 21.6 Å². The molecule has 0 N–H and O–H groups in total. The summed E-state index contributed by atoms with van der Waals surface area (Å²) in [5, 5.41) is 3.14. The van der Waals surface area contributed by atoms with Crippen molar-refractivity contribution >= 4 is 40.0 Å². The molecular formula is C46H55FN4O5S. The first-order valence-corrected chi connectivity index (χ1v) is 22.1. The van der Waals surface area contributed by atoms with Crippen LogP contribution in [0.15, 0.2) is 60.0 Å². The Hall–Kier alpha value is -4.38. The lowest BCUT2D eigenvalue weighted by molar-refractivity contribution is -0.152. The number of hydrogen-bond donors (Lipinski definition) is 0. The number of carbonyl (C=O) groups excluding carboxylic acids is 3. The first kappa shape index (κ1) is 39.4. The summed E-state index contributed by atoms with van der Waals surface area (Å²) >= 11 is 1.66. The molecule has 1 saturated heterocycles. The van der Waals surface area contributed by atoms with Crippen molar-refractivity contribution in [1.29, 1.82) is 0 Å². The van der Waals surface area contributed by atoms with E-state index in [0.717, 1.165) is 52.9 Å². The lowest BCUT2D eigenvalue weighted by Crippen LogP contribution is -2.45. The third kappa shape index (κ3) is 8.18. The second-order valence-electron chi connectivity index (χ2n) is 17.0. The lowest BCUT2D eigenvalue weighted by Gasteiger charge is -2.29. The van der Waals surface area contributed by atoms with Gasteiger partial charge < -0.3 is 14.4 Å². The molecule has 2 aliphatic heterocycles. The summed E-state index contributed by atoms with van der Waals surface area (Å²) in [5.41, 5.74) is 3.86. The number of amides is 1. The number of imidazole rings is 1. The van der Waals surface area contributed by atoms with E-state index in [-0.39, 0.29) is 55.0 Å². The molecule has 2 aliphatic carbocycles. The summed E-state index contributed by atoms with van der Waals surface area (Å²) < 4.78 is 28.4. The highest BCUT2D eigenvalue weighted by Crippen LogP contribution is 2.58. The highest BCUT2D eigenvalue weighted by atomic mass is 32.1.